The van der Waals surface area contributed by atoms with Gasteiger partial charge in [-0.2, -0.15) is 0 Å². The van der Waals surface area contributed by atoms with E-state index in [0.717, 1.165) is 37.2 Å². The van der Waals surface area contributed by atoms with Gasteiger partial charge in [0.1, 0.15) is 17.6 Å². The van der Waals surface area contributed by atoms with E-state index in [1.807, 2.05) is 34.9 Å². The summed E-state index contributed by atoms with van der Waals surface area (Å²) in [5, 5.41) is 17.8. The molecule has 2 atom stereocenters. The number of hydrogen-bond donors (Lipinski definition) is 3. The highest BCUT2D eigenvalue weighted by molar-refractivity contribution is 5.59. The van der Waals surface area contributed by atoms with Crippen molar-refractivity contribution in [2.24, 2.45) is 11.7 Å². The number of nitrogens with two attached hydrogens (primary N) is 1. The van der Waals surface area contributed by atoms with Crippen LogP contribution < -0.4 is 11.1 Å². The zero-order chi connectivity index (χ0) is 22.8. The lowest BCUT2D eigenvalue weighted by Crippen LogP contribution is -2.54. The minimum atomic E-state index is -0.700. The van der Waals surface area contributed by atoms with E-state index in [1.165, 1.54) is 0 Å². The second-order valence-corrected chi connectivity index (χ2v) is 8.85. The molecular formula is C25H29N5O3. The molecule has 0 amide bonds. The quantitative estimate of drug-likeness (QED) is 0.476. The summed E-state index contributed by atoms with van der Waals surface area (Å²) >= 11 is 0. The average Bonchev–Trinajstić information content (AvgIpc) is 3.43. The Labute approximate surface area is 193 Å². The first kappa shape index (κ1) is 21.9. The minimum Gasteiger partial charge on any atom is -0.385 e. The fraction of sp³-hybridized carbons (Fsp3) is 0.440. The second-order valence-electron chi connectivity index (χ2n) is 8.85. The molecule has 0 radical (unpaired) electrons. The molecule has 1 aliphatic carbocycles. The summed E-state index contributed by atoms with van der Waals surface area (Å²) in [4.78, 5) is 4.23. The number of rotatable bonds is 7. The Bertz CT molecular complexity index is 1130. The fourth-order valence-corrected chi connectivity index (χ4v) is 4.31. The molecule has 3 heterocycles. The number of aromatic nitrogens is 3. The molecule has 1 aromatic carbocycles. The normalized spacial score (nSPS) is 22.0. The molecule has 4 N–H and O–H groups in total. The number of nitrogens with zero attached hydrogens (tertiary/aromatic N) is 3. The van der Waals surface area contributed by atoms with Gasteiger partial charge in [-0.3, -0.25) is 0 Å². The Morgan fingerprint density at radius 1 is 1.24 bits per heavy atom. The van der Waals surface area contributed by atoms with Gasteiger partial charge < -0.3 is 30.0 Å². The van der Waals surface area contributed by atoms with Gasteiger partial charge in [-0.05, 0) is 44.0 Å². The summed E-state index contributed by atoms with van der Waals surface area (Å²) in [6.07, 6.45) is 4.96. The number of nitrogens with one attached hydrogen (secondary N) is 1. The number of aliphatic hydroxyl groups is 1. The Balaban J connectivity index is 1.22. The Kier molecular flexibility index (Phi) is 6.29. The molecule has 0 spiro atoms. The van der Waals surface area contributed by atoms with Gasteiger partial charge in [-0.1, -0.05) is 17.0 Å². The van der Waals surface area contributed by atoms with Gasteiger partial charge in [-0.15, -0.1) is 0 Å². The van der Waals surface area contributed by atoms with Crippen LogP contribution in [-0.4, -0.2) is 51.7 Å². The van der Waals surface area contributed by atoms with Gasteiger partial charge in [0.25, 0.3) is 0 Å². The third kappa shape index (κ3) is 4.72. The topological polar surface area (TPSA) is 111 Å². The first-order valence-corrected chi connectivity index (χ1v) is 11.4. The van der Waals surface area contributed by atoms with Crippen molar-refractivity contribution >= 4 is 0 Å². The zero-order valence-corrected chi connectivity index (χ0v) is 18.6. The van der Waals surface area contributed by atoms with Gasteiger partial charge in [0, 0.05) is 48.1 Å². The van der Waals surface area contributed by atoms with Crippen molar-refractivity contribution in [1.29, 1.82) is 0 Å². The van der Waals surface area contributed by atoms with E-state index in [9.17, 15) is 5.11 Å². The number of imidazole rings is 1. The predicted molar refractivity (Wildman–Crippen MR) is 123 cm³/mol. The highest BCUT2D eigenvalue weighted by atomic mass is 16.5. The van der Waals surface area contributed by atoms with Crippen LogP contribution in [0.15, 0.2) is 47.2 Å². The molecular weight excluding hydrogens is 418 g/mol. The molecule has 1 saturated carbocycles. The molecule has 33 heavy (non-hydrogen) atoms. The van der Waals surface area contributed by atoms with Gasteiger partial charge >= 0.3 is 0 Å². The zero-order valence-electron chi connectivity index (χ0n) is 18.6. The summed E-state index contributed by atoms with van der Waals surface area (Å²) < 4.78 is 12.6. The van der Waals surface area contributed by atoms with Gasteiger partial charge in [-0.25, -0.2) is 4.98 Å². The maximum atomic E-state index is 9.96. The van der Waals surface area contributed by atoms with E-state index in [1.54, 1.807) is 19.3 Å². The van der Waals surface area contributed by atoms with Crippen molar-refractivity contribution in [3.8, 4) is 23.2 Å². The molecule has 1 saturated heterocycles. The van der Waals surface area contributed by atoms with Crippen molar-refractivity contribution in [3.05, 3.63) is 59.8 Å². The number of benzene rings is 1. The summed E-state index contributed by atoms with van der Waals surface area (Å²) in [6, 6.07) is 10.7. The van der Waals surface area contributed by atoms with Crippen LogP contribution in [0.25, 0.3) is 11.3 Å². The fourth-order valence-electron chi connectivity index (χ4n) is 4.31. The Morgan fingerprint density at radius 2 is 2.03 bits per heavy atom. The number of ether oxygens (including phenoxy) is 1. The summed E-state index contributed by atoms with van der Waals surface area (Å²) in [5.74, 6) is 8.35. The van der Waals surface area contributed by atoms with Crippen LogP contribution in [0, 0.1) is 17.8 Å². The van der Waals surface area contributed by atoms with Crippen molar-refractivity contribution < 1.29 is 14.4 Å². The van der Waals surface area contributed by atoms with Crippen molar-refractivity contribution in [2.45, 2.75) is 44.0 Å². The van der Waals surface area contributed by atoms with Crippen LogP contribution in [0.2, 0.25) is 0 Å². The predicted octanol–water partition coefficient (Wildman–Crippen LogP) is 2.26. The third-order valence-electron chi connectivity index (χ3n) is 6.34. The maximum absolute atomic E-state index is 9.96. The third-order valence-corrected chi connectivity index (χ3v) is 6.34. The van der Waals surface area contributed by atoms with Crippen LogP contribution in [0.3, 0.4) is 0 Å². The largest absolute Gasteiger partial charge is 0.385 e. The Morgan fingerprint density at radius 3 is 2.70 bits per heavy atom. The van der Waals surface area contributed by atoms with Crippen molar-refractivity contribution in [3.63, 3.8) is 0 Å². The summed E-state index contributed by atoms with van der Waals surface area (Å²) in [7, 11) is 0. The minimum absolute atomic E-state index is 0.266. The lowest BCUT2D eigenvalue weighted by atomic mass is 9.80. The highest BCUT2D eigenvalue weighted by Crippen LogP contribution is 2.29. The van der Waals surface area contributed by atoms with Gasteiger partial charge in [0.15, 0.2) is 5.76 Å². The van der Waals surface area contributed by atoms with E-state index in [-0.39, 0.29) is 6.04 Å². The first-order chi connectivity index (χ1) is 16.1. The lowest BCUT2D eigenvalue weighted by Gasteiger charge is -2.38. The van der Waals surface area contributed by atoms with Crippen LogP contribution in [0.4, 0.5) is 0 Å². The van der Waals surface area contributed by atoms with Crippen molar-refractivity contribution in [1.82, 2.24) is 20.0 Å². The van der Waals surface area contributed by atoms with Crippen LogP contribution in [0.1, 0.15) is 49.0 Å². The molecule has 2 aromatic heterocycles. The van der Waals surface area contributed by atoms with Gasteiger partial charge in [0.2, 0.25) is 0 Å². The molecule has 2 aliphatic rings. The van der Waals surface area contributed by atoms with E-state index in [4.69, 9.17) is 15.0 Å². The average molecular weight is 448 g/mol. The molecule has 172 valence electrons. The molecule has 2 unspecified atom stereocenters. The van der Waals surface area contributed by atoms with E-state index >= 15 is 0 Å². The SMILES string of the molecule is CC(O)c1nccn1C(CN)c1cc(-c2ccc(C#C[C@H]3C[C@H](NC4COC4)C3)cc2)on1. The van der Waals surface area contributed by atoms with E-state index < -0.39 is 6.10 Å². The lowest BCUT2D eigenvalue weighted by molar-refractivity contribution is -0.0163. The Hall–Kier alpha value is -2.96. The molecule has 5 rings (SSSR count). The van der Waals surface area contributed by atoms with Crippen LogP contribution in [-0.2, 0) is 4.74 Å². The van der Waals surface area contributed by atoms with E-state index in [2.05, 4.69) is 27.3 Å². The molecule has 0 bridgehead atoms. The monoisotopic (exact) mass is 447 g/mol. The highest BCUT2D eigenvalue weighted by Gasteiger charge is 2.31. The van der Waals surface area contributed by atoms with Crippen LogP contribution in [0.5, 0.6) is 0 Å². The standard InChI is InChI=1S/C25H29N5O3/c1-16(31)25-27-8-9-30(25)23(13-26)22-12-24(33-29-22)19-6-4-17(5-7-19)2-3-18-10-20(11-18)28-21-14-32-15-21/h4-9,12,16,18,20-21,23,28,31H,10-11,13-15,26H2,1H3/t16?,18-,20-,23?. The molecule has 1 aliphatic heterocycles. The molecule has 8 nitrogen and oxygen atoms in total. The summed E-state index contributed by atoms with van der Waals surface area (Å²) in [5.41, 5.74) is 8.62. The van der Waals surface area contributed by atoms with E-state index in [0.29, 0.717) is 41.8 Å². The van der Waals surface area contributed by atoms with Gasteiger partial charge in [0.05, 0.1) is 25.3 Å². The number of aliphatic hydroxyl groups excluding tert-OH is 1. The molecule has 8 heteroatoms. The summed E-state index contributed by atoms with van der Waals surface area (Å²) in [6.45, 7) is 3.66. The second kappa shape index (κ2) is 9.49. The molecule has 2 fully saturated rings. The first-order valence-electron chi connectivity index (χ1n) is 11.4. The molecule has 3 aromatic rings. The maximum Gasteiger partial charge on any atom is 0.167 e. The number of hydrogen-bond acceptors (Lipinski definition) is 7. The smallest absolute Gasteiger partial charge is 0.167 e. The van der Waals surface area contributed by atoms with Crippen molar-refractivity contribution in [2.75, 3.05) is 19.8 Å². The van der Waals surface area contributed by atoms with Crippen LogP contribution >= 0.6 is 0 Å².